The Labute approximate surface area is 145 Å². The Bertz CT molecular complexity index is 954. The molecule has 1 aliphatic heterocycles. The van der Waals surface area contributed by atoms with E-state index in [0.717, 1.165) is 22.3 Å². The quantitative estimate of drug-likeness (QED) is 0.358. The van der Waals surface area contributed by atoms with Crippen molar-refractivity contribution in [2.24, 2.45) is 0 Å². The molecule has 126 valence electrons. The number of nitro groups is 1. The SMILES string of the molecule is Cc1ccc(C2=C/C(=C\c3cc([N+](=O)[O-])ccc3C)C(=O)O2)cc1C. The molecule has 0 atom stereocenters. The second-order valence-corrected chi connectivity index (χ2v) is 6.09. The second kappa shape index (κ2) is 6.36. The largest absolute Gasteiger partial charge is 0.422 e. The number of carbonyl (C=O) groups excluding carboxylic acids is 1. The molecule has 0 N–H and O–H groups in total. The minimum absolute atomic E-state index is 0.0119. The normalized spacial score (nSPS) is 15.2. The molecule has 25 heavy (non-hydrogen) atoms. The van der Waals surface area contributed by atoms with Gasteiger partial charge in [-0.2, -0.15) is 0 Å². The Hall–Kier alpha value is -3.21. The van der Waals surface area contributed by atoms with Crippen LogP contribution in [-0.4, -0.2) is 10.9 Å². The fraction of sp³-hybridized carbons (Fsp3) is 0.150. The summed E-state index contributed by atoms with van der Waals surface area (Å²) < 4.78 is 5.36. The maximum absolute atomic E-state index is 12.2. The molecule has 0 saturated heterocycles. The van der Waals surface area contributed by atoms with Gasteiger partial charge in [0.15, 0.2) is 0 Å². The number of aryl methyl sites for hydroxylation is 3. The maximum atomic E-state index is 12.2. The fourth-order valence-corrected chi connectivity index (χ4v) is 2.59. The van der Waals surface area contributed by atoms with Crippen LogP contribution >= 0.6 is 0 Å². The summed E-state index contributed by atoms with van der Waals surface area (Å²) in [6.45, 7) is 5.86. The third-order valence-electron chi connectivity index (χ3n) is 4.30. The average molecular weight is 335 g/mol. The molecule has 1 heterocycles. The van der Waals surface area contributed by atoms with Crippen LogP contribution in [0.25, 0.3) is 11.8 Å². The first-order chi connectivity index (χ1) is 11.8. The summed E-state index contributed by atoms with van der Waals surface area (Å²) in [4.78, 5) is 22.7. The van der Waals surface area contributed by atoms with E-state index in [4.69, 9.17) is 4.74 Å². The van der Waals surface area contributed by atoms with E-state index in [1.807, 2.05) is 39.0 Å². The minimum atomic E-state index is -0.459. The molecule has 0 radical (unpaired) electrons. The van der Waals surface area contributed by atoms with Crippen molar-refractivity contribution in [3.8, 4) is 0 Å². The lowest BCUT2D eigenvalue weighted by Gasteiger charge is -2.05. The van der Waals surface area contributed by atoms with Gasteiger partial charge in [-0.3, -0.25) is 10.1 Å². The van der Waals surface area contributed by atoms with Crippen LogP contribution < -0.4 is 0 Å². The summed E-state index contributed by atoms with van der Waals surface area (Å²) in [5.41, 5.74) is 4.94. The third-order valence-corrected chi connectivity index (χ3v) is 4.30. The maximum Gasteiger partial charge on any atom is 0.343 e. The summed E-state index contributed by atoms with van der Waals surface area (Å²) in [5.74, 6) is 0.0292. The highest BCUT2D eigenvalue weighted by molar-refractivity contribution is 6.05. The summed E-state index contributed by atoms with van der Waals surface area (Å²) in [6, 6.07) is 10.4. The standard InChI is InChI=1S/C20H17NO4/c1-12-4-6-15(8-14(12)3)19-11-17(20(22)25-19)9-16-10-18(21(23)24)7-5-13(16)2/h4-11H,1-3H3/b17-9+. The van der Waals surface area contributed by atoms with Gasteiger partial charge in [0.1, 0.15) is 5.76 Å². The van der Waals surface area contributed by atoms with E-state index >= 15 is 0 Å². The van der Waals surface area contributed by atoms with Crippen LogP contribution in [0.15, 0.2) is 48.0 Å². The Balaban J connectivity index is 2.00. The topological polar surface area (TPSA) is 69.4 Å². The monoisotopic (exact) mass is 335 g/mol. The van der Waals surface area contributed by atoms with Gasteiger partial charge in [-0.25, -0.2) is 4.79 Å². The number of hydrogen-bond acceptors (Lipinski definition) is 4. The lowest BCUT2D eigenvalue weighted by atomic mass is 10.0. The number of esters is 1. The number of ether oxygens (including phenoxy) is 1. The van der Waals surface area contributed by atoms with Crippen LogP contribution in [0.3, 0.4) is 0 Å². The highest BCUT2D eigenvalue weighted by Gasteiger charge is 2.22. The van der Waals surface area contributed by atoms with Crippen molar-refractivity contribution < 1.29 is 14.5 Å². The molecule has 5 heteroatoms. The number of nitro benzene ring substituents is 1. The van der Waals surface area contributed by atoms with E-state index in [1.54, 1.807) is 18.2 Å². The third kappa shape index (κ3) is 3.35. The first-order valence-electron chi connectivity index (χ1n) is 7.83. The second-order valence-electron chi connectivity index (χ2n) is 6.09. The Morgan fingerprint density at radius 3 is 2.40 bits per heavy atom. The lowest BCUT2D eigenvalue weighted by molar-refractivity contribution is -0.384. The van der Waals surface area contributed by atoms with Gasteiger partial charge < -0.3 is 4.74 Å². The molecule has 1 aliphatic rings. The van der Waals surface area contributed by atoms with Gasteiger partial charge in [0.25, 0.3) is 5.69 Å². The van der Waals surface area contributed by atoms with Crippen molar-refractivity contribution in [1.82, 2.24) is 0 Å². The Morgan fingerprint density at radius 1 is 1.00 bits per heavy atom. The molecule has 2 aromatic rings. The zero-order valence-electron chi connectivity index (χ0n) is 14.2. The highest BCUT2D eigenvalue weighted by Crippen LogP contribution is 2.29. The van der Waals surface area contributed by atoms with Crippen LogP contribution in [-0.2, 0) is 9.53 Å². The van der Waals surface area contributed by atoms with Crippen molar-refractivity contribution in [2.75, 3.05) is 0 Å². The molecule has 0 aliphatic carbocycles. The van der Waals surface area contributed by atoms with Crippen molar-refractivity contribution in [3.05, 3.63) is 86.0 Å². The Kier molecular flexibility index (Phi) is 4.23. The summed E-state index contributed by atoms with van der Waals surface area (Å²) in [5, 5.41) is 10.9. The van der Waals surface area contributed by atoms with Crippen molar-refractivity contribution in [3.63, 3.8) is 0 Å². The highest BCUT2D eigenvalue weighted by atomic mass is 16.6. The predicted octanol–water partition coefficient (Wildman–Crippen LogP) is 4.50. The molecule has 0 unspecified atom stereocenters. The molecule has 0 bridgehead atoms. The number of carbonyl (C=O) groups is 1. The van der Waals surface area contributed by atoms with E-state index in [9.17, 15) is 14.9 Å². The number of hydrogen-bond donors (Lipinski definition) is 0. The zero-order chi connectivity index (χ0) is 18.1. The number of non-ortho nitro benzene ring substituents is 1. The first-order valence-corrected chi connectivity index (χ1v) is 7.83. The fourth-order valence-electron chi connectivity index (χ4n) is 2.59. The molecular formula is C20H17NO4. The van der Waals surface area contributed by atoms with Crippen LogP contribution in [0.5, 0.6) is 0 Å². The molecular weight excluding hydrogens is 318 g/mol. The summed E-state index contributed by atoms with van der Waals surface area (Å²) in [6.07, 6.45) is 3.30. The molecule has 0 spiro atoms. The van der Waals surface area contributed by atoms with E-state index in [-0.39, 0.29) is 5.69 Å². The number of benzene rings is 2. The molecule has 2 aromatic carbocycles. The zero-order valence-corrected chi connectivity index (χ0v) is 14.2. The number of rotatable bonds is 3. The number of nitrogens with zero attached hydrogens (tertiary/aromatic N) is 1. The van der Waals surface area contributed by atoms with Crippen LogP contribution in [0, 0.1) is 30.9 Å². The predicted molar refractivity (Wildman–Crippen MR) is 95.8 cm³/mol. The van der Waals surface area contributed by atoms with Gasteiger partial charge in [0.05, 0.1) is 10.5 Å². The first kappa shape index (κ1) is 16.6. The summed E-state index contributed by atoms with van der Waals surface area (Å²) >= 11 is 0. The Morgan fingerprint density at radius 2 is 1.72 bits per heavy atom. The molecule has 5 nitrogen and oxygen atoms in total. The van der Waals surface area contributed by atoms with Gasteiger partial charge in [0, 0.05) is 17.7 Å². The molecule has 0 amide bonds. The van der Waals surface area contributed by atoms with Crippen molar-refractivity contribution in [1.29, 1.82) is 0 Å². The van der Waals surface area contributed by atoms with Crippen LogP contribution in [0.1, 0.15) is 27.8 Å². The van der Waals surface area contributed by atoms with Crippen molar-refractivity contribution in [2.45, 2.75) is 20.8 Å². The van der Waals surface area contributed by atoms with Crippen molar-refractivity contribution >= 4 is 23.5 Å². The molecule has 0 fully saturated rings. The smallest absolute Gasteiger partial charge is 0.343 e. The van der Waals surface area contributed by atoms with Crippen LogP contribution in [0.2, 0.25) is 0 Å². The van der Waals surface area contributed by atoms with E-state index in [2.05, 4.69) is 0 Å². The molecule has 3 rings (SSSR count). The summed E-state index contributed by atoms with van der Waals surface area (Å²) in [7, 11) is 0. The van der Waals surface area contributed by atoms with E-state index < -0.39 is 10.9 Å². The van der Waals surface area contributed by atoms with E-state index in [1.165, 1.54) is 12.1 Å². The van der Waals surface area contributed by atoms with Gasteiger partial charge in [-0.15, -0.1) is 0 Å². The molecule has 0 saturated carbocycles. The van der Waals surface area contributed by atoms with Gasteiger partial charge in [0.2, 0.25) is 0 Å². The molecule has 0 aromatic heterocycles. The van der Waals surface area contributed by atoms with Gasteiger partial charge in [-0.1, -0.05) is 18.2 Å². The van der Waals surface area contributed by atoms with Gasteiger partial charge >= 0.3 is 5.97 Å². The van der Waals surface area contributed by atoms with Crippen LogP contribution in [0.4, 0.5) is 5.69 Å². The van der Waals surface area contributed by atoms with E-state index in [0.29, 0.717) is 16.9 Å². The lowest BCUT2D eigenvalue weighted by Crippen LogP contribution is -1.98. The number of cyclic esters (lactones) is 1. The van der Waals surface area contributed by atoms with Gasteiger partial charge in [-0.05, 0) is 61.2 Å². The average Bonchev–Trinajstić information content (AvgIpc) is 2.93. The minimum Gasteiger partial charge on any atom is -0.422 e.